The van der Waals surface area contributed by atoms with Gasteiger partial charge in [-0.25, -0.2) is 17.6 Å². The first-order chi connectivity index (χ1) is 18.4. The lowest BCUT2D eigenvalue weighted by Crippen LogP contribution is -1.93. The van der Waals surface area contributed by atoms with Crippen molar-refractivity contribution in [1.82, 2.24) is 4.57 Å². The molecule has 0 radical (unpaired) electrons. The van der Waals surface area contributed by atoms with Crippen LogP contribution in [0.4, 0.5) is 17.6 Å². The van der Waals surface area contributed by atoms with Crippen LogP contribution in [-0.2, 0) is 7.05 Å². The summed E-state index contributed by atoms with van der Waals surface area (Å²) in [5.41, 5.74) is 4.90. The first kappa shape index (κ1) is 22.5. The molecule has 5 heteroatoms. The van der Waals surface area contributed by atoms with Crippen LogP contribution in [0.3, 0.4) is 0 Å². The summed E-state index contributed by atoms with van der Waals surface area (Å²) in [6, 6.07) is 25.7. The van der Waals surface area contributed by atoms with Crippen LogP contribution < -0.4 is 0 Å². The molecule has 0 aliphatic carbocycles. The molecule has 0 saturated carbocycles. The van der Waals surface area contributed by atoms with Crippen LogP contribution >= 0.6 is 0 Å². The normalized spacial score (nSPS) is 11.8. The van der Waals surface area contributed by atoms with Gasteiger partial charge in [-0.05, 0) is 93.3 Å². The second-order valence-electron chi connectivity index (χ2n) is 9.60. The fraction of sp³-hybridized carbons (Fsp3) is 0.0303. The molecule has 6 aromatic carbocycles. The van der Waals surface area contributed by atoms with Crippen molar-refractivity contribution >= 4 is 43.4 Å². The van der Waals surface area contributed by atoms with Gasteiger partial charge in [0.2, 0.25) is 0 Å². The first-order valence-corrected chi connectivity index (χ1v) is 12.2. The molecule has 0 fully saturated rings. The van der Waals surface area contributed by atoms with Gasteiger partial charge in [0, 0.05) is 28.9 Å². The third-order valence-electron chi connectivity index (χ3n) is 7.38. The molecule has 0 amide bonds. The van der Waals surface area contributed by atoms with Gasteiger partial charge in [0.1, 0.15) is 23.3 Å². The molecule has 0 spiro atoms. The fourth-order valence-corrected chi connectivity index (χ4v) is 5.73. The summed E-state index contributed by atoms with van der Waals surface area (Å²) >= 11 is 0. The van der Waals surface area contributed by atoms with Crippen LogP contribution in [0.15, 0.2) is 97.1 Å². The van der Waals surface area contributed by atoms with Crippen LogP contribution in [0.5, 0.6) is 0 Å². The molecule has 38 heavy (non-hydrogen) atoms. The SMILES string of the molecule is Cn1c2c(-c3ccc(F)cc3)cc3ccc(F)cc3c2c2c3cc(F)ccc3cc(-c3ccc(F)cc3)c21. The van der Waals surface area contributed by atoms with Crippen molar-refractivity contribution in [3.63, 3.8) is 0 Å². The Morgan fingerprint density at radius 1 is 0.447 bits per heavy atom. The molecule has 1 nitrogen and oxygen atoms in total. The Bertz CT molecular complexity index is 1900. The summed E-state index contributed by atoms with van der Waals surface area (Å²) in [5, 5.41) is 4.55. The Morgan fingerprint density at radius 2 is 0.816 bits per heavy atom. The molecule has 0 saturated heterocycles. The number of nitrogens with zero attached hydrogens (tertiary/aromatic N) is 1. The topological polar surface area (TPSA) is 4.93 Å². The molecule has 7 rings (SSSR count). The Balaban J connectivity index is 1.78. The van der Waals surface area contributed by atoms with E-state index in [1.54, 1.807) is 36.4 Å². The minimum absolute atomic E-state index is 0.343. The highest BCUT2D eigenvalue weighted by Crippen LogP contribution is 2.46. The molecule has 1 aromatic heterocycles. The molecule has 0 bridgehead atoms. The number of rotatable bonds is 2. The largest absolute Gasteiger partial charge is 0.343 e. The minimum Gasteiger partial charge on any atom is -0.343 e. The van der Waals surface area contributed by atoms with Crippen molar-refractivity contribution in [3.8, 4) is 22.3 Å². The van der Waals surface area contributed by atoms with E-state index < -0.39 is 0 Å². The standard InChI is InChI=1S/C33H19F4N/c1-38-32-28(18-2-8-22(34)9-3-18)14-20-6-12-24(36)16-26(20)30(32)31-27-17-25(37)13-7-21(27)15-29(33(31)38)19-4-10-23(35)11-5-19/h2-17H,1H3. The van der Waals surface area contributed by atoms with E-state index in [2.05, 4.69) is 0 Å². The molecule has 184 valence electrons. The van der Waals surface area contributed by atoms with E-state index in [9.17, 15) is 17.6 Å². The predicted octanol–water partition coefficient (Wildman–Crippen LogP) is 9.53. The van der Waals surface area contributed by atoms with Crippen LogP contribution in [0.25, 0.3) is 65.6 Å². The van der Waals surface area contributed by atoms with Crippen molar-refractivity contribution in [2.45, 2.75) is 0 Å². The number of aryl methyl sites for hydroxylation is 1. The summed E-state index contributed by atoms with van der Waals surface area (Å²) < 4.78 is 59.0. The lowest BCUT2D eigenvalue weighted by Gasteiger charge is -2.11. The predicted molar refractivity (Wildman–Crippen MR) is 146 cm³/mol. The Hall–Kier alpha value is -4.64. The number of hydrogen-bond acceptors (Lipinski definition) is 0. The zero-order valence-corrected chi connectivity index (χ0v) is 20.2. The summed E-state index contributed by atoms with van der Waals surface area (Å²) in [4.78, 5) is 0. The molecule has 7 aromatic rings. The zero-order chi connectivity index (χ0) is 26.1. The van der Waals surface area contributed by atoms with Crippen LogP contribution in [0.2, 0.25) is 0 Å². The maximum absolute atomic E-state index is 14.7. The van der Waals surface area contributed by atoms with Gasteiger partial charge in [-0.2, -0.15) is 0 Å². The van der Waals surface area contributed by atoms with Gasteiger partial charge in [-0.3, -0.25) is 0 Å². The van der Waals surface area contributed by atoms with E-state index in [0.717, 1.165) is 54.8 Å². The van der Waals surface area contributed by atoms with E-state index in [4.69, 9.17) is 0 Å². The van der Waals surface area contributed by atoms with Gasteiger partial charge in [-0.15, -0.1) is 0 Å². The molecule has 1 heterocycles. The maximum atomic E-state index is 14.7. The maximum Gasteiger partial charge on any atom is 0.123 e. The highest BCUT2D eigenvalue weighted by atomic mass is 19.1. The highest BCUT2D eigenvalue weighted by molar-refractivity contribution is 6.32. The summed E-state index contributed by atoms with van der Waals surface area (Å²) in [6.45, 7) is 0. The van der Waals surface area contributed by atoms with Gasteiger partial charge in [-0.1, -0.05) is 36.4 Å². The fourth-order valence-electron chi connectivity index (χ4n) is 5.73. The second-order valence-corrected chi connectivity index (χ2v) is 9.60. The van der Waals surface area contributed by atoms with Crippen molar-refractivity contribution < 1.29 is 17.6 Å². The van der Waals surface area contributed by atoms with Crippen molar-refractivity contribution in [1.29, 1.82) is 0 Å². The van der Waals surface area contributed by atoms with Gasteiger partial charge in [0.15, 0.2) is 0 Å². The van der Waals surface area contributed by atoms with Crippen molar-refractivity contribution in [2.24, 2.45) is 7.05 Å². The molecule has 0 atom stereocenters. The Labute approximate surface area is 215 Å². The Kier molecular flexibility index (Phi) is 4.86. The minimum atomic E-state index is -0.379. The number of benzene rings is 6. The summed E-state index contributed by atoms with van der Waals surface area (Å²) in [5.74, 6) is -1.44. The van der Waals surface area contributed by atoms with E-state index >= 15 is 0 Å². The highest BCUT2D eigenvalue weighted by Gasteiger charge is 2.22. The van der Waals surface area contributed by atoms with Gasteiger partial charge in [0.25, 0.3) is 0 Å². The molecular formula is C33H19F4N. The van der Waals surface area contributed by atoms with Gasteiger partial charge in [0.05, 0.1) is 11.0 Å². The van der Waals surface area contributed by atoms with E-state index in [1.807, 2.05) is 23.7 Å². The summed E-state index contributed by atoms with van der Waals surface area (Å²) in [6.07, 6.45) is 0. The lowest BCUT2D eigenvalue weighted by atomic mass is 9.92. The van der Waals surface area contributed by atoms with Crippen molar-refractivity contribution in [2.75, 3.05) is 0 Å². The number of aromatic nitrogens is 1. The molecule has 0 aliphatic rings. The van der Waals surface area contributed by atoms with Gasteiger partial charge < -0.3 is 4.57 Å². The molecule has 0 unspecified atom stereocenters. The Morgan fingerprint density at radius 3 is 1.21 bits per heavy atom. The summed E-state index contributed by atoms with van der Waals surface area (Å²) in [7, 11) is 1.92. The van der Waals surface area contributed by atoms with Crippen molar-refractivity contribution in [3.05, 3.63) is 120 Å². The third kappa shape index (κ3) is 3.32. The smallest absolute Gasteiger partial charge is 0.123 e. The van der Waals surface area contributed by atoms with Crippen LogP contribution in [-0.4, -0.2) is 4.57 Å². The number of halogens is 4. The van der Waals surface area contributed by atoms with E-state index in [0.29, 0.717) is 10.8 Å². The quantitative estimate of drug-likeness (QED) is 0.206. The van der Waals surface area contributed by atoms with E-state index in [1.165, 1.54) is 48.5 Å². The monoisotopic (exact) mass is 505 g/mol. The van der Waals surface area contributed by atoms with Crippen LogP contribution in [0, 0.1) is 23.3 Å². The average Bonchev–Trinajstić information content (AvgIpc) is 3.23. The molecule has 0 N–H and O–H groups in total. The third-order valence-corrected chi connectivity index (χ3v) is 7.38. The lowest BCUT2D eigenvalue weighted by molar-refractivity contribution is 0.627. The van der Waals surface area contributed by atoms with Crippen LogP contribution in [0.1, 0.15) is 0 Å². The first-order valence-electron chi connectivity index (χ1n) is 12.2. The zero-order valence-electron chi connectivity index (χ0n) is 20.2. The molecule has 0 aliphatic heterocycles. The molecular weight excluding hydrogens is 486 g/mol. The second kappa shape index (κ2) is 8.18. The number of fused-ring (bicyclic) bond motifs is 7. The van der Waals surface area contributed by atoms with Gasteiger partial charge >= 0.3 is 0 Å². The number of hydrogen-bond donors (Lipinski definition) is 0. The van der Waals surface area contributed by atoms with E-state index in [-0.39, 0.29) is 23.3 Å². The average molecular weight is 506 g/mol.